The van der Waals surface area contributed by atoms with Crippen molar-refractivity contribution in [1.82, 2.24) is 9.36 Å². The van der Waals surface area contributed by atoms with E-state index in [1.165, 1.54) is 15.4 Å². The van der Waals surface area contributed by atoms with Crippen LogP contribution in [0.15, 0.2) is 77.6 Å². The first kappa shape index (κ1) is 21.1. The normalized spacial score (nSPS) is 10.8. The van der Waals surface area contributed by atoms with Crippen LogP contribution in [0.2, 0.25) is 15.1 Å². The van der Waals surface area contributed by atoms with Gasteiger partial charge in [-0.3, -0.25) is 9.59 Å². The highest BCUT2D eigenvalue weighted by molar-refractivity contribution is 6.31. The molecule has 0 aliphatic carbocycles. The van der Waals surface area contributed by atoms with E-state index >= 15 is 0 Å². The molecule has 0 aliphatic heterocycles. The maximum atomic E-state index is 13.3. The van der Waals surface area contributed by atoms with Gasteiger partial charge in [0.1, 0.15) is 0 Å². The van der Waals surface area contributed by atoms with Crippen LogP contribution in [0.1, 0.15) is 10.4 Å². The smallest absolute Gasteiger partial charge is 0.288 e. The maximum Gasteiger partial charge on any atom is 0.288 e. The highest BCUT2D eigenvalue weighted by Crippen LogP contribution is 2.26. The van der Waals surface area contributed by atoms with Crippen LogP contribution in [0.4, 0.5) is 5.69 Å². The summed E-state index contributed by atoms with van der Waals surface area (Å²) >= 11 is 17.9. The van der Waals surface area contributed by atoms with E-state index in [1.807, 2.05) is 0 Å². The summed E-state index contributed by atoms with van der Waals surface area (Å²) < 4.78 is 2.41. The van der Waals surface area contributed by atoms with Gasteiger partial charge in [-0.2, -0.15) is 0 Å². The SMILES string of the molecule is O=C(Nc1cccc(Cl)c1)c1c(O)n(-c2ccc(Cl)cc2)n(-c2ccc(Cl)cc2)c1=O. The molecule has 4 rings (SSSR count). The Morgan fingerprint density at radius 1 is 0.774 bits per heavy atom. The molecule has 1 amide bonds. The predicted octanol–water partition coefficient (Wildman–Crippen LogP) is 5.55. The van der Waals surface area contributed by atoms with Crippen LogP contribution in [0, 0.1) is 0 Å². The summed E-state index contributed by atoms with van der Waals surface area (Å²) in [6.07, 6.45) is 0. The molecule has 3 aromatic carbocycles. The minimum absolute atomic E-state index is 0.383. The van der Waals surface area contributed by atoms with Crippen molar-refractivity contribution in [3.63, 3.8) is 0 Å². The summed E-state index contributed by atoms with van der Waals surface area (Å²) in [5, 5.41) is 14.9. The van der Waals surface area contributed by atoms with E-state index in [9.17, 15) is 14.7 Å². The number of hydrogen-bond acceptors (Lipinski definition) is 3. The van der Waals surface area contributed by atoms with Gasteiger partial charge in [0.2, 0.25) is 5.88 Å². The van der Waals surface area contributed by atoms with Gasteiger partial charge in [-0.05, 0) is 66.7 Å². The van der Waals surface area contributed by atoms with Gasteiger partial charge in [-0.15, -0.1) is 0 Å². The number of rotatable bonds is 4. The Labute approximate surface area is 191 Å². The first-order valence-electron chi connectivity index (χ1n) is 9.01. The van der Waals surface area contributed by atoms with E-state index in [0.29, 0.717) is 32.1 Å². The van der Waals surface area contributed by atoms with Crippen molar-refractivity contribution in [2.45, 2.75) is 0 Å². The molecule has 0 unspecified atom stereocenters. The third-order valence-electron chi connectivity index (χ3n) is 4.48. The average molecular weight is 475 g/mol. The highest BCUT2D eigenvalue weighted by Gasteiger charge is 2.27. The second-order valence-corrected chi connectivity index (χ2v) is 7.85. The van der Waals surface area contributed by atoms with E-state index in [1.54, 1.807) is 66.7 Å². The lowest BCUT2D eigenvalue weighted by Crippen LogP contribution is -2.25. The summed E-state index contributed by atoms with van der Waals surface area (Å²) in [6.45, 7) is 0. The lowest BCUT2D eigenvalue weighted by molar-refractivity contribution is 0.102. The van der Waals surface area contributed by atoms with Gasteiger partial charge in [-0.25, -0.2) is 9.36 Å². The van der Waals surface area contributed by atoms with Crippen molar-refractivity contribution in [3.05, 3.63) is 104 Å². The summed E-state index contributed by atoms with van der Waals surface area (Å²) in [4.78, 5) is 26.2. The molecular formula is C22H14Cl3N3O3. The number of nitrogens with zero attached hydrogens (tertiary/aromatic N) is 2. The molecule has 1 heterocycles. The molecule has 0 radical (unpaired) electrons. The van der Waals surface area contributed by atoms with Crippen molar-refractivity contribution in [2.24, 2.45) is 0 Å². The maximum absolute atomic E-state index is 13.3. The molecular weight excluding hydrogens is 461 g/mol. The molecule has 0 saturated heterocycles. The predicted molar refractivity (Wildman–Crippen MR) is 122 cm³/mol. The zero-order valence-corrected chi connectivity index (χ0v) is 18.0. The highest BCUT2D eigenvalue weighted by atomic mass is 35.5. The van der Waals surface area contributed by atoms with Gasteiger partial charge in [0.15, 0.2) is 5.56 Å². The largest absolute Gasteiger partial charge is 0.493 e. The molecule has 2 N–H and O–H groups in total. The number of aromatic hydroxyl groups is 1. The third kappa shape index (κ3) is 4.18. The first-order chi connectivity index (χ1) is 14.8. The molecule has 0 saturated carbocycles. The molecule has 0 atom stereocenters. The van der Waals surface area contributed by atoms with Gasteiger partial charge in [0.05, 0.1) is 11.4 Å². The van der Waals surface area contributed by atoms with Crippen LogP contribution >= 0.6 is 34.8 Å². The van der Waals surface area contributed by atoms with E-state index in [2.05, 4.69) is 5.32 Å². The molecule has 0 bridgehead atoms. The topological polar surface area (TPSA) is 76.3 Å². The number of nitrogens with one attached hydrogen (secondary N) is 1. The van der Waals surface area contributed by atoms with E-state index in [-0.39, 0.29) is 0 Å². The Morgan fingerprint density at radius 3 is 1.87 bits per heavy atom. The standard InChI is InChI=1S/C22H14Cl3N3O3/c23-13-4-8-17(9-5-13)27-21(30)19(20(29)26-16-3-1-2-15(25)12-16)22(31)28(27)18-10-6-14(24)7-11-18/h1-12,30H,(H,26,29). The van der Waals surface area contributed by atoms with Crippen LogP contribution in [0.5, 0.6) is 5.88 Å². The van der Waals surface area contributed by atoms with Crippen LogP contribution in [0.25, 0.3) is 11.4 Å². The molecule has 0 spiro atoms. The van der Waals surface area contributed by atoms with Crippen molar-refractivity contribution < 1.29 is 9.90 Å². The fourth-order valence-electron chi connectivity index (χ4n) is 3.09. The van der Waals surface area contributed by atoms with E-state index < -0.39 is 22.9 Å². The third-order valence-corrected chi connectivity index (χ3v) is 5.22. The molecule has 0 aliphatic rings. The van der Waals surface area contributed by atoms with Crippen molar-refractivity contribution in [1.29, 1.82) is 0 Å². The van der Waals surface area contributed by atoms with E-state index in [0.717, 1.165) is 0 Å². The molecule has 31 heavy (non-hydrogen) atoms. The minimum Gasteiger partial charge on any atom is -0.493 e. The fourth-order valence-corrected chi connectivity index (χ4v) is 3.53. The van der Waals surface area contributed by atoms with Gasteiger partial charge >= 0.3 is 0 Å². The summed E-state index contributed by atoms with van der Waals surface area (Å²) in [5.74, 6) is -1.30. The van der Waals surface area contributed by atoms with Crippen LogP contribution in [-0.2, 0) is 0 Å². The molecule has 156 valence electrons. The zero-order chi connectivity index (χ0) is 22.1. The van der Waals surface area contributed by atoms with Crippen molar-refractivity contribution >= 4 is 46.4 Å². The number of hydrogen-bond donors (Lipinski definition) is 2. The number of carbonyl (C=O) groups is 1. The summed E-state index contributed by atoms with van der Waals surface area (Å²) in [5.41, 5.74) is 0.0740. The number of aromatic nitrogens is 2. The van der Waals surface area contributed by atoms with Gasteiger partial charge in [0, 0.05) is 20.8 Å². The number of halogens is 3. The summed E-state index contributed by atoms with van der Waals surface area (Å²) in [7, 11) is 0. The first-order valence-corrected chi connectivity index (χ1v) is 10.1. The Kier molecular flexibility index (Phi) is 5.78. The van der Waals surface area contributed by atoms with Gasteiger partial charge < -0.3 is 10.4 Å². The average Bonchev–Trinajstić information content (AvgIpc) is 2.99. The number of carbonyl (C=O) groups excluding carboxylic acids is 1. The Hall–Kier alpha value is -3.19. The Balaban J connectivity index is 1.89. The lowest BCUT2D eigenvalue weighted by Gasteiger charge is -2.12. The molecule has 4 aromatic rings. The van der Waals surface area contributed by atoms with Crippen LogP contribution < -0.4 is 10.9 Å². The van der Waals surface area contributed by atoms with Crippen LogP contribution in [0.3, 0.4) is 0 Å². The number of benzene rings is 3. The quantitative estimate of drug-likeness (QED) is 0.407. The minimum atomic E-state index is -0.778. The monoisotopic (exact) mass is 473 g/mol. The fraction of sp³-hybridized carbons (Fsp3) is 0. The number of amides is 1. The summed E-state index contributed by atoms with van der Waals surface area (Å²) in [6, 6.07) is 19.3. The molecule has 6 nitrogen and oxygen atoms in total. The molecule has 9 heteroatoms. The Morgan fingerprint density at radius 2 is 1.32 bits per heavy atom. The van der Waals surface area contributed by atoms with Crippen molar-refractivity contribution in [3.8, 4) is 17.3 Å². The van der Waals surface area contributed by atoms with Gasteiger partial charge in [0.25, 0.3) is 11.5 Å². The molecule has 0 fully saturated rings. The lowest BCUT2D eigenvalue weighted by atomic mass is 10.2. The second-order valence-electron chi connectivity index (χ2n) is 6.54. The second kappa shape index (κ2) is 8.51. The Bertz CT molecular complexity index is 1330. The molecule has 1 aromatic heterocycles. The number of anilines is 1. The van der Waals surface area contributed by atoms with Crippen LogP contribution in [-0.4, -0.2) is 20.4 Å². The zero-order valence-electron chi connectivity index (χ0n) is 15.7. The van der Waals surface area contributed by atoms with E-state index in [4.69, 9.17) is 34.8 Å². The van der Waals surface area contributed by atoms with Gasteiger partial charge in [-0.1, -0.05) is 40.9 Å². The van der Waals surface area contributed by atoms with Crippen molar-refractivity contribution in [2.75, 3.05) is 5.32 Å².